The largest absolute Gasteiger partial charge is 0.457 e. The van der Waals surface area contributed by atoms with Crippen molar-refractivity contribution < 1.29 is 13.7 Å². The van der Waals surface area contributed by atoms with Crippen LogP contribution in [-0.2, 0) is 9.98 Å². The number of ether oxygens (including phenoxy) is 1. The van der Waals surface area contributed by atoms with Crippen LogP contribution in [0.5, 0.6) is 11.5 Å². The fourth-order valence-corrected chi connectivity index (χ4v) is 12.8. The van der Waals surface area contributed by atoms with Crippen LogP contribution in [0.15, 0.2) is 211 Å². The van der Waals surface area contributed by atoms with E-state index in [1.165, 1.54) is 0 Å². The fraction of sp³-hybridized carbons (Fsp3) is 0.0185. The van der Waals surface area contributed by atoms with Gasteiger partial charge in [-0.1, -0.05) is 133 Å². The zero-order valence-corrected chi connectivity index (χ0v) is 32.6. The van der Waals surface area contributed by atoms with Gasteiger partial charge in [0.1, 0.15) is 22.7 Å². The summed E-state index contributed by atoms with van der Waals surface area (Å²) in [6, 6.07) is 67.1. The van der Waals surface area contributed by atoms with Crippen molar-refractivity contribution in [2.45, 2.75) is 5.41 Å². The van der Waals surface area contributed by atoms with E-state index in [0.717, 1.165) is 105 Å². The number of hydrogen-bond donors (Lipinski definition) is 0. The Morgan fingerprint density at radius 2 is 1.03 bits per heavy atom. The van der Waals surface area contributed by atoms with Crippen molar-refractivity contribution in [3.63, 3.8) is 0 Å². The van der Waals surface area contributed by atoms with E-state index in [9.17, 15) is 0 Å². The lowest BCUT2D eigenvalue weighted by Gasteiger charge is -2.47. The second-order valence-corrected chi connectivity index (χ2v) is 18.1. The van der Waals surface area contributed by atoms with E-state index in [4.69, 9.17) is 9.15 Å². The number of rotatable bonds is 4. The summed E-state index contributed by atoms with van der Waals surface area (Å²) in [7, 11) is -3.44. The van der Waals surface area contributed by atoms with E-state index in [1.54, 1.807) is 0 Å². The molecule has 0 fully saturated rings. The van der Waals surface area contributed by atoms with E-state index in [2.05, 4.69) is 132 Å². The van der Waals surface area contributed by atoms with Gasteiger partial charge < -0.3 is 13.7 Å². The first-order chi connectivity index (χ1) is 29.1. The molecule has 12 rings (SSSR count). The smallest absolute Gasteiger partial charge is 0.171 e. The molecule has 0 bridgehead atoms. The number of benzene rings is 8. The van der Waals surface area contributed by atoms with E-state index in [1.807, 2.05) is 79.1 Å². The van der Waals surface area contributed by atoms with E-state index in [-0.39, 0.29) is 0 Å². The Hall–Kier alpha value is -7.26. The van der Waals surface area contributed by atoms with Gasteiger partial charge >= 0.3 is 0 Å². The minimum atomic E-state index is -3.44. The molecule has 4 heterocycles. The first kappa shape index (κ1) is 33.8. The topological polar surface area (TPSA) is 52.3 Å². The van der Waals surface area contributed by atoms with Crippen molar-refractivity contribution in [2.24, 2.45) is 0 Å². The summed E-state index contributed by atoms with van der Waals surface area (Å²) in [5.74, 6) is 1.52. The lowest BCUT2D eigenvalue weighted by atomic mass is 9.63. The first-order valence-electron chi connectivity index (χ1n) is 19.9. The summed E-state index contributed by atoms with van der Waals surface area (Å²) < 4.78 is 30.0. The van der Waals surface area contributed by atoms with E-state index in [0.29, 0.717) is 0 Å². The third kappa shape index (κ3) is 4.91. The van der Waals surface area contributed by atoms with Gasteiger partial charge in [-0.2, -0.15) is 0 Å². The number of hydrogen-bond acceptors (Lipinski definition) is 4. The van der Waals surface area contributed by atoms with Crippen LogP contribution in [-0.4, -0.2) is 4.98 Å². The molecule has 0 aliphatic carbocycles. The SMILES string of the molecule is O=P1(c2ccccc2)c2ccccc2C2(c3ccccc3Oc3cc(-c4cc(-c5ccccc5)cc(-c5ccncc5)c4)ccc32)c2cc3c(cc21)oc1ccccc13. The molecule has 8 aromatic carbocycles. The quantitative estimate of drug-likeness (QED) is 0.167. The number of nitrogens with zero attached hydrogens (tertiary/aromatic N) is 1. The van der Waals surface area contributed by atoms with Crippen molar-refractivity contribution in [2.75, 3.05) is 0 Å². The number of fused-ring (bicyclic) bond motifs is 11. The highest BCUT2D eigenvalue weighted by Gasteiger charge is 2.55. The monoisotopic (exact) mass is 775 g/mol. The molecule has 0 saturated carbocycles. The Balaban J connectivity index is 1.17. The summed E-state index contributed by atoms with van der Waals surface area (Å²) in [4.78, 5) is 4.29. The molecule has 59 heavy (non-hydrogen) atoms. The van der Waals surface area contributed by atoms with Crippen LogP contribution >= 0.6 is 7.14 Å². The minimum Gasteiger partial charge on any atom is -0.457 e. The second-order valence-electron chi connectivity index (χ2n) is 15.4. The minimum absolute atomic E-state index is 0.717. The van der Waals surface area contributed by atoms with Crippen molar-refractivity contribution >= 4 is 45.0 Å². The van der Waals surface area contributed by atoms with Gasteiger partial charge in [-0.25, -0.2) is 0 Å². The maximum Gasteiger partial charge on any atom is 0.171 e. The number of pyridine rings is 1. The second kappa shape index (κ2) is 12.9. The average molecular weight is 776 g/mol. The highest BCUT2D eigenvalue weighted by atomic mass is 31.2. The van der Waals surface area contributed by atoms with Gasteiger partial charge in [-0.3, -0.25) is 4.98 Å². The van der Waals surface area contributed by atoms with Crippen LogP contribution in [0.2, 0.25) is 0 Å². The van der Waals surface area contributed by atoms with Crippen LogP contribution in [0.25, 0.3) is 55.3 Å². The lowest BCUT2D eigenvalue weighted by molar-refractivity contribution is 0.435. The van der Waals surface area contributed by atoms with Crippen LogP contribution in [0.4, 0.5) is 0 Å². The normalized spacial score (nSPS) is 17.5. The van der Waals surface area contributed by atoms with Crippen LogP contribution in [0.1, 0.15) is 22.3 Å². The number of furan rings is 1. The molecule has 5 heteroatoms. The van der Waals surface area contributed by atoms with Crippen molar-refractivity contribution in [1.29, 1.82) is 0 Å². The molecule has 4 nitrogen and oxygen atoms in total. The van der Waals surface area contributed by atoms with E-state index < -0.39 is 12.6 Å². The Morgan fingerprint density at radius 1 is 0.407 bits per heavy atom. The summed E-state index contributed by atoms with van der Waals surface area (Å²) in [6.45, 7) is 0. The molecule has 278 valence electrons. The molecule has 1 spiro atoms. The number of para-hydroxylation sites is 2. The molecule has 0 saturated heterocycles. The molecule has 10 aromatic rings. The molecule has 2 aliphatic heterocycles. The van der Waals surface area contributed by atoms with E-state index >= 15 is 4.57 Å². The van der Waals surface area contributed by atoms with Gasteiger partial charge in [0.25, 0.3) is 0 Å². The van der Waals surface area contributed by atoms with Gasteiger partial charge in [0.2, 0.25) is 0 Å². The first-order valence-corrected chi connectivity index (χ1v) is 21.6. The van der Waals surface area contributed by atoms with Crippen LogP contribution in [0, 0.1) is 0 Å². The molecular weight excluding hydrogens is 742 g/mol. The van der Waals surface area contributed by atoms with Gasteiger partial charge in [-0.05, 0) is 105 Å². The molecule has 2 aromatic heterocycles. The molecule has 0 N–H and O–H groups in total. The Labute approximate surface area is 341 Å². The average Bonchev–Trinajstić information content (AvgIpc) is 3.68. The molecule has 2 unspecified atom stereocenters. The molecular formula is C54H34NO3P. The third-order valence-electron chi connectivity index (χ3n) is 12.3. The Morgan fingerprint density at radius 3 is 1.83 bits per heavy atom. The predicted molar refractivity (Wildman–Crippen MR) is 239 cm³/mol. The van der Waals surface area contributed by atoms with Crippen molar-refractivity contribution in [1.82, 2.24) is 4.98 Å². The van der Waals surface area contributed by atoms with Gasteiger partial charge in [0, 0.05) is 50.2 Å². The van der Waals surface area contributed by atoms with Crippen LogP contribution < -0.4 is 20.7 Å². The Kier molecular flexibility index (Phi) is 7.39. The summed E-state index contributed by atoms with van der Waals surface area (Å²) in [5, 5.41) is 4.39. The molecule has 0 radical (unpaired) electrons. The lowest BCUT2D eigenvalue weighted by Crippen LogP contribution is -2.47. The molecule has 2 atom stereocenters. The highest BCUT2D eigenvalue weighted by molar-refractivity contribution is 7.85. The van der Waals surface area contributed by atoms with Gasteiger partial charge in [-0.15, -0.1) is 0 Å². The predicted octanol–water partition coefficient (Wildman–Crippen LogP) is 12.4. The maximum atomic E-state index is 16.4. The zero-order valence-electron chi connectivity index (χ0n) is 31.7. The highest BCUT2D eigenvalue weighted by Crippen LogP contribution is 2.62. The van der Waals surface area contributed by atoms with Gasteiger partial charge in [0.15, 0.2) is 7.14 Å². The summed E-state index contributed by atoms with van der Waals surface area (Å²) >= 11 is 0. The molecule has 0 amide bonds. The Bertz CT molecular complexity index is 3280. The summed E-state index contributed by atoms with van der Waals surface area (Å²) in [5.41, 5.74) is 11.2. The van der Waals surface area contributed by atoms with Crippen LogP contribution in [0.3, 0.4) is 0 Å². The van der Waals surface area contributed by atoms with Crippen molar-refractivity contribution in [3.8, 4) is 44.9 Å². The van der Waals surface area contributed by atoms with Gasteiger partial charge in [0.05, 0.1) is 5.41 Å². The molecule has 2 aliphatic rings. The van der Waals surface area contributed by atoms with Crippen molar-refractivity contribution in [3.05, 3.63) is 229 Å². The summed E-state index contributed by atoms with van der Waals surface area (Å²) in [6.07, 6.45) is 3.68. The fourth-order valence-electron chi connectivity index (χ4n) is 9.69. The third-order valence-corrected chi connectivity index (χ3v) is 15.4. The zero-order chi connectivity index (χ0) is 39.1. The maximum absolute atomic E-state index is 16.4. The number of aromatic nitrogens is 1. The standard InChI is InChI=1S/C54H34NO3P/c56-59(41-15-5-2-6-16-41)52-22-12-9-19-46(52)54(47-33-43-42-17-7-10-20-48(42)57-50(43)34-53(47)59)44-18-8-11-21-49(44)58-51-32-37(23-24-45(51)54)40-30-38(35-13-3-1-4-14-35)29-39(31-40)36-25-27-55-28-26-36/h1-34H.